The normalized spacial score (nSPS) is 11.3. The van der Waals surface area contributed by atoms with Crippen LogP contribution in [0.25, 0.3) is 16.7 Å². The third-order valence-corrected chi connectivity index (χ3v) is 3.57. The highest BCUT2D eigenvalue weighted by Crippen LogP contribution is 2.27. The highest BCUT2D eigenvalue weighted by atomic mass is 35.5. The van der Waals surface area contributed by atoms with Crippen LogP contribution in [-0.2, 0) is 5.88 Å². The van der Waals surface area contributed by atoms with Gasteiger partial charge in [-0.2, -0.15) is 11.3 Å². The zero-order valence-corrected chi connectivity index (χ0v) is 10.6. The molecule has 2 aromatic heterocycles. The summed E-state index contributed by atoms with van der Waals surface area (Å²) in [6, 6.07) is 4.33. The van der Waals surface area contributed by atoms with Crippen LogP contribution in [0.2, 0.25) is 0 Å². The fraction of sp³-hybridized carbons (Fsp3) is 0.0833. The Balaban J connectivity index is 2.43. The first-order valence-corrected chi connectivity index (χ1v) is 6.64. The Morgan fingerprint density at radius 3 is 2.78 bits per heavy atom. The number of benzene rings is 1. The average molecular weight is 285 g/mol. The summed E-state index contributed by atoms with van der Waals surface area (Å²) in [7, 11) is 0. The van der Waals surface area contributed by atoms with Crippen LogP contribution >= 0.6 is 22.9 Å². The maximum atomic E-state index is 13.9. The minimum atomic E-state index is -0.900. The second-order valence-corrected chi connectivity index (χ2v) is 4.76. The summed E-state index contributed by atoms with van der Waals surface area (Å²) in [4.78, 5) is 4.22. The number of hydrogen-bond donors (Lipinski definition) is 0. The number of halogens is 3. The SMILES string of the molecule is Fc1ccc2nc(CCl)n(-c3ccsc3)c2c1F. The van der Waals surface area contributed by atoms with E-state index in [0.29, 0.717) is 11.3 Å². The summed E-state index contributed by atoms with van der Waals surface area (Å²) in [5.41, 5.74) is 1.27. The predicted octanol–water partition coefficient (Wildman–Crippen LogP) is 4.10. The van der Waals surface area contributed by atoms with Crippen molar-refractivity contribution < 1.29 is 8.78 Å². The molecule has 0 saturated carbocycles. The van der Waals surface area contributed by atoms with Gasteiger partial charge in [-0.3, -0.25) is 4.57 Å². The lowest BCUT2D eigenvalue weighted by molar-refractivity contribution is 0.514. The first kappa shape index (κ1) is 11.6. The van der Waals surface area contributed by atoms with Crippen molar-refractivity contribution in [1.29, 1.82) is 0 Å². The zero-order valence-electron chi connectivity index (χ0n) is 9.03. The van der Waals surface area contributed by atoms with Gasteiger partial charge in [0.05, 0.1) is 17.1 Å². The van der Waals surface area contributed by atoms with Gasteiger partial charge in [0.25, 0.3) is 0 Å². The van der Waals surface area contributed by atoms with Crippen LogP contribution in [0.3, 0.4) is 0 Å². The van der Waals surface area contributed by atoms with Gasteiger partial charge in [-0.1, -0.05) is 0 Å². The van der Waals surface area contributed by atoms with Crippen LogP contribution in [-0.4, -0.2) is 9.55 Å². The monoisotopic (exact) mass is 284 g/mol. The number of alkyl halides is 1. The van der Waals surface area contributed by atoms with E-state index in [1.54, 1.807) is 4.57 Å². The molecule has 3 rings (SSSR count). The third-order valence-electron chi connectivity index (χ3n) is 2.66. The molecule has 92 valence electrons. The van der Waals surface area contributed by atoms with Gasteiger partial charge in [0.1, 0.15) is 11.3 Å². The molecule has 0 unspecified atom stereocenters. The van der Waals surface area contributed by atoms with Gasteiger partial charge in [-0.15, -0.1) is 11.6 Å². The number of aromatic nitrogens is 2. The van der Waals surface area contributed by atoms with E-state index in [2.05, 4.69) is 4.98 Å². The molecule has 0 atom stereocenters. The molecule has 0 aliphatic rings. The molecule has 18 heavy (non-hydrogen) atoms. The zero-order chi connectivity index (χ0) is 12.7. The Hall–Kier alpha value is -1.46. The average Bonchev–Trinajstić information content (AvgIpc) is 2.99. The first-order chi connectivity index (χ1) is 8.72. The lowest BCUT2D eigenvalue weighted by Gasteiger charge is -2.05. The Morgan fingerprint density at radius 2 is 2.11 bits per heavy atom. The lowest BCUT2D eigenvalue weighted by atomic mass is 10.3. The summed E-state index contributed by atoms with van der Waals surface area (Å²) < 4.78 is 28.8. The summed E-state index contributed by atoms with van der Waals surface area (Å²) in [6.07, 6.45) is 0. The van der Waals surface area contributed by atoms with Gasteiger partial charge in [-0.05, 0) is 23.6 Å². The predicted molar refractivity (Wildman–Crippen MR) is 68.4 cm³/mol. The van der Waals surface area contributed by atoms with E-state index in [1.807, 2.05) is 16.8 Å². The molecule has 0 N–H and O–H groups in total. The van der Waals surface area contributed by atoms with Crippen molar-refractivity contribution in [3.8, 4) is 5.69 Å². The number of thiophene rings is 1. The second kappa shape index (κ2) is 4.33. The Morgan fingerprint density at radius 1 is 1.28 bits per heavy atom. The molecule has 0 fully saturated rings. The van der Waals surface area contributed by atoms with Crippen molar-refractivity contribution in [3.05, 3.63) is 46.4 Å². The fourth-order valence-electron chi connectivity index (χ4n) is 1.90. The fourth-order valence-corrected chi connectivity index (χ4v) is 2.70. The molecule has 0 saturated heterocycles. The topological polar surface area (TPSA) is 17.8 Å². The molecule has 0 aliphatic heterocycles. The quantitative estimate of drug-likeness (QED) is 0.648. The van der Waals surface area contributed by atoms with Gasteiger partial charge < -0.3 is 0 Å². The molecule has 2 nitrogen and oxygen atoms in total. The minimum Gasteiger partial charge on any atom is -0.292 e. The maximum absolute atomic E-state index is 13.9. The van der Waals surface area contributed by atoms with Gasteiger partial charge in [0.15, 0.2) is 11.6 Å². The van der Waals surface area contributed by atoms with Crippen LogP contribution in [0.5, 0.6) is 0 Å². The van der Waals surface area contributed by atoms with Crippen molar-refractivity contribution in [2.75, 3.05) is 0 Å². The largest absolute Gasteiger partial charge is 0.292 e. The number of fused-ring (bicyclic) bond motifs is 1. The van der Waals surface area contributed by atoms with Crippen molar-refractivity contribution in [2.45, 2.75) is 5.88 Å². The van der Waals surface area contributed by atoms with Crippen molar-refractivity contribution in [1.82, 2.24) is 9.55 Å². The first-order valence-electron chi connectivity index (χ1n) is 5.16. The van der Waals surface area contributed by atoms with Gasteiger partial charge >= 0.3 is 0 Å². The summed E-state index contributed by atoms with van der Waals surface area (Å²) >= 11 is 7.28. The van der Waals surface area contributed by atoms with Crippen molar-refractivity contribution >= 4 is 34.0 Å². The molecular weight excluding hydrogens is 278 g/mol. The maximum Gasteiger partial charge on any atom is 0.185 e. The van der Waals surface area contributed by atoms with Crippen LogP contribution in [0, 0.1) is 11.6 Å². The molecule has 0 amide bonds. The summed E-state index contributed by atoms with van der Waals surface area (Å²) in [5.74, 6) is -1.16. The lowest BCUT2D eigenvalue weighted by Crippen LogP contribution is -1.99. The van der Waals surface area contributed by atoms with Crippen LogP contribution in [0.4, 0.5) is 8.78 Å². The molecule has 6 heteroatoms. The van der Waals surface area contributed by atoms with Crippen molar-refractivity contribution in [3.63, 3.8) is 0 Å². The van der Waals surface area contributed by atoms with E-state index < -0.39 is 11.6 Å². The van der Waals surface area contributed by atoms with E-state index in [4.69, 9.17) is 11.6 Å². The van der Waals surface area contributed by atoms with Gasteiger partial charge in [0, 0.05) is 5.38 Å². The highest BCUT2D eigenvalue weighted by molar-refractivity contribution is 7.08. The highest BCUT2D eigenvalue weighted by Gasteiger charge is 2.18. The molecular formula is C12H7ClF2N2S. The van der Waals surface area contributed by atoms with E-state index in [0.717, 1.165) is 11.8 Å². The minimum absolute atomic E-state index is 0.129. The number of nitrogens with zero attached hydrogens (tertiary/aromatic N) is 2. The van der Waals surface area contributed by atoms with E-state index >= 15 is 0 Å². The van der Waals surface area contributed by atoms with E-state index in [9.17, 15) is 8.78 Å². The molecule has 2 heterocycles. The smallest absolute Gasteiger partial charge is 0.185 e. The molecule has 0 bridgehead atoms. The standard InChI is InChI=1S/C12H7ClF2N2S/c13-5-10-16-9-2-1-8(14)11(15)12(9)17(10)7-3-4-18-6-7/h1-4,6H,5H2. The van der Waals surface area contributed by atoms with Crippen LogP contribution in [0.1, 0.15) is 5.82 Å². The third kappa shape index (κ3) is 1.62. The van der Waals surface area contributed by atoms with E-state index in [1.165, 1.54) is 17.4 Å². The molecule has 3 aromatic rings. The molecule has 0 aliphatic carbocycles. The molecule has 0 radical (unpaired) electrons. The molecule has 0 spiro atoms. The number of imidazole rings is 1. The Labute approximate surface area is 110 Å². The number of rotatable bonds is 2. The van der Waals surface area contributed by atoms with Crippen LogP contribution in [0.15, 0.2) is 29.0 Å². The van der Waals surface area contributed by atoms with Crippen LogP contribution < -0.4 is 0 Å². The number of hydrogen-bond acceptors (Lipinski definition) is 2. The van der Waals surface area contributed by atoms with Gasteiger partial charge in [0.2, 0.25) is 0 Å². The Kier molecular flexibility index (Phi) is 2.80. The van der Waals surface area contributed by atoms with E-state index in [-0.39, 0.29) is 11.4 Å². The van der Waals surface area contributed by atoms with Gasteiger partial charge in [-0.25, -0.2) is 13.8 Å². The molecule has 1 aromatic carbocycles. The second-order valence-electron chi connectivity index (χ2n) is 3.71. The van der Waals surface area contributed by atoms with Crippen molar-refractivity contribution in [2.24, 2.45) is 0 Å². The summed E-state index contributed by atoms with van der Waals surface area (Å²) in [6.45, 7) is 0. The summed E-state index contributed by atoms with van der Waals surface area (Å²) in [5, 5.41) is 3.69. The Bertz CT molecular complexity index is 707.